The van der Waals surface area contributed by atoms with Crippen molar-refractivity contribution < 1.29 is 56.5 Å². The molecule has 0 aliphatic carbocycles. The van der Waals surface area contributed by atoms with Crippen molar-refractivity contribution in [2.45, 2.75) is 48.5 Å². The number of allylic oxidation sites excluding steroid dienone is 6. The van der Waals surface area contributed by atoms with Crippen LogP contribution in [0.1, 0.15) is 48.5 Å². The van der Waals surface area contributed by atoms with Crippen LogP contribution in [0.5, 0.6) is 0 Å². The first-order valence-electron chi connectivity index (χ1n) is 7.04. The summed E-state index contributed by atoms with van der Waals surface area (Å²) in [7, 11) is 0. The first-order valence-corrected chi connectivity index (χ1v) is 7.04. The number of rotatable bonds is 3. The second-order valence-electron chi connectivity index (χ2n) is 4.51. The van der Waals surface area contributed by atoms with Crippen LogP contribution in [-0.2, 0) is 36.1 Å². The minimum absolute atomic E-state index is 0. The summed E-state index contributed by atoms with van der Waals surface area (Å²) in [5.41, 5.74) is 0. The molecule has 0 bridgehead atoms. The first-order chi connectivity index (χ1) is 10.8. The first kappa shape index (κ1) is 34.6. The molecule has 7 nitrogen and oxygen atoms in total. The van der Waals surface area contributed by atoms with Gasteiger partial charge in [-0.15, -0.1) is 0 Å². The van der Waals surface area contributed by atoms with E-state index < -0.39 is 0 Å². The molecule has 0 spiro atoms. The fraction of sp³-hybridized carbons (Fsp3) is 0.471. The Morgan fingerprint density at radius 3 is 0.760 bits per heavy atom. The third-order valence-electron chi connectivity index (χ3n) is 1.24. The van der Waals surface area contributed by atoms with Gasteiger partial charge >= 0.3 is 0 Å². The van der Waals surface area contributed by atoms with Crippen LogP contribution in [0.3, 0.4) is 0 Å². The van der Waals surface area contributed by atoms with Gasteiger partial charge in [0.05, 0.1) is 17.3 Å². The summed E-state index contributed by atoms with van der Waals surface area (Å²) in [5.74, 6) is -0.187. The smallest absolute Gasteiger partial charge is 0.155 e. The SMILES string of the molecule is CC(=O)C=C(C)O.CC(=O)C=C(C)O.CC(=O)C=C(C)O.CCO.[Ti]. The van der Waals surface area contributed by atoms with E-state index in [1.165, 1.54) is 59.8 Å². The van der Waals surface area contributed by atoms with Gasteiger partial charge in [-0.2, -0.15) is 0 Å². The van der Waals surface area contributed by atoms with Crippen molar-refractivity contribution in [3.8, 4) is 0 Å². The van der Waals surface area contributed by atoms with Gasteiger partial charge in [0, 0.05) is 46.6 Å². The number of hydrogen-bond donors (Lipinski definition) is 4. The molecule has 0 rings (SSSR count). The zero-order valence-corrected chi connectivity index (χ0v) is 17.5. The normalized spacial score (nSPS) is 10.3. The molecule has 0 fully saturated rings. The topological polar surface area (TPSA) is 132 Å². The second kappa shape index (κ2) is 24.6. The molecular formula is C17H30O7Ti. The maximum Gasteiger partial charge on any atom is 0.155 e. The number of aliphatic hydroxyl groups excluding tert-OH is 4. The molecule has 8 heteroatoms. The number of aliphatic hydroxyl groups is 4. The summed E-state index contributed by atoms with van der Waals surface area (Å²) in [4.78, 5) is 30.1. The maximum atomic E-state index is 10.0. The zero-order valence-electron chi connectivity index (χ0n) is 16.0. The van der Waals surface area contributed by atoms with Gasteiger partial charge in [-0.3, -0.25) is 14.4 Å². The number of hydrogen-bond acceptors (Lipinski definition) is 7. The van der Waals surface area contributed by atoms with Crippen LogP contribution in [0.4, 0.5) is 0 Å². The molecule has 0 aromatic heterocycles. The molecule has 0 saturated heterocycles. The predicted molar refractivity (Wildman–Crippen MR) is 94.0 cm³/mol. The summed E-state index contributed by atoms with van der Waals surface area (Å²) in [6.45, 7) is 10.5. The average molecular weight is 394 g/mol. The summed E-state index contributed by atoms with van der Waals surface area (Å²) < 4.78 is 0. The average Bonchev–Trinajstić information content (AvgIpc) is 2.24. The van der Waals surface area contributed by atoms with Gasteiger partial charge in [-0.25, -0.2) is 0 Å². The quantitative estimate of drug-likeness (QED) is 0.328. The summed E-state index contributed by atoms with van der Waals surface area (Å²) >= 11 is 0. The molecule has 0 atom stereocenters. The summed E-state index contributed by atoms with van der Waals surface area (Å²) in [6.07, 6.45) is 3.50. The number of carbonyl (C=O) groups excluding carboxylic acids is 3. The number of carbonyl (C=O) groups is 3. The Balaban J connectivity index is -0.0000000727. The van der Waals surface area contributed by atoms with Crippen LogP contribution in [0.2, 0.25) is 0 Å². The standard InChI is InChI=1S/3C5H8O2.C2H6O.Ti/c3*1-4(6)3-5(2)7;1-2-3;/h3*3,6H,1-2H3;3H,2H2,1H3;. The van der Waals surface area contributed by atoms with E-state index in [4.69, 9.17) is 20.4 Å². The maximum absolute atomic E-state index is 10.0. The van der Waals surface area contributed by atoms with Gasteiger partial charge in [-0.1, -0.05) is 0 Å². The fourth-order valence-corrected chi connectivity index (χ4v) is 0.882. The molecule has 0 amide bonds. The molecular weight excluding hydrogens is 364 g/mol. The Morgan fingerprint density at radius 2 is 0.760 bits per heavy atom. The molecule has 25 heavy (non-hydrogen) atoms. The second-order valence-corrected chi connectivity index (χ2v) is 4.51. The molecule has 4 N–H and O–H groups in total. The molecule has 0 aliphatic rings. The number of ketones is 3. The van der Waals surface area contributed by atoms with Gasteiger partial charge < -0.3 is 20.4 Å². The Hall–Kier alpha value is -1.70. The monoisotopic (exact) mass is 394 g/mol. The van der Waals surface area contributed by atoms with Gasteiger partial charge in [0.1, 0.15) is 0 Å². The van der Waals surface area contributed by atoms with Crippen molar-refractivity contribution in [1.29, 1.82) is 0 Å². The van der Waals surface area contributed by atoms with Crippen LogP contribution < -0.4 is 0 Å². The van der Waals surface area contributed by atoms with Gasteiger partial charge in [0.2, 0.25) is 0 Å². The van der Waals surface area contributed by atoms with E-state index in [2.05, 4.69) is 0 Å². The van der Waals surface area contributed by atoms with Crippen molar-refractivity contribution in [1.82, 2.24) is 0 Å². The van der Waals surface area contributed by atoms with Crippen molar-refractivity contribution in [2.75, 3.05) is 6.61 Å². The van der Waals surface area contributed by atoms with Gasteiger partial charge in [0.15, 0.2) is 17.3 Å². The van der Waals surface area contributed by atoms with Crippen molar-refractivity contribution >= 4 is 17.3 Å². The molecule has 0 unspecified atom stereocenters. The Kier molecular flexibility index (Phi) is 34.0. The van der Waals surface area contributed by atoms with E-state index in [0.717, 1.165) is 0 Å². The largest absolute Gasteiger partial charge is 0.512 e. The Bertz CT molecular complexity index is 385. The van der Waals surface area contributed by atoms with E-state index in [1.54, 1.807) is 6.92 Å². The third kappa shape index (κ3) is 86.6. The van der Waals surface area contributed by atoms with Crippen LogP contribution in [0.25, 0.3) is 0 Å². The van der Waals surface area contributed by atoms with Crippen LogP contribution in [-0.4, -0.2) is 44.4 Å². The summed E-state index contributed by atoms with van der Waals surface area (Å²) in [5, 5.41) is 32.7. The minimum atomic E-state index is -0.125. The van der Waals surface area contributed by atoms with E-state index in [1.807, 2.05) is 0 Å². The molecule has 144 valence electrons. The van der Waals surface area contributed by atoms with Crippen LogP contribution in [0.15, 0.2) is 35.5 Å². The van der Waals surface area contributed by atoms with Crippen molar-refractivity contribution in [3.63, 3.8) is 0 Å². The van der Waals surface area contributed by atoms with E-state index in [0.29, 0.717) is 0 Å². The molecule has 0 heterocycles. The molecule has 0 aromatic carbocycles. The van der Waals surface area contributed by atoms with Crippen molar-refractivity contribution in [3.05, 3.63) is 35.5 Å². The predicted octanol–water partition coefficient (Wildman–Crippen LogP) is 3.11. The van der Waals surface area contributed by atoms with Crippen LogP contribution in [0, 0.1) is 0 Å². The van der Waals surface area contributed by atoms with Gasteiger partial charge in [-0.05, 0) is 48.5 Å². The molecule has 0 aliphatic heterocycles. The fourth-order valence-electron chi connectivity index (χ4n) is 0.882. The molecule has 0 aromatic rings. The Morgan fingerprint density at radius 1 is 0.640 bits per heavy atom. The third-order valence-corrected chi connectivity index (χ3v) is 1.24. The van der Waals surface area contributed by atoms with Crippen LogP contribution >= 0.6 is 0 Å². The molecule has 0 radical (unpaired) electrons. The van der Waals surface area contributed by atoms with E-state index >= 15 is 0 Å². The zero-order chi connectivity index (χ0) is 20.3. The van der Waals surface area contributed by atoms with E-state index in [-0.39, 0.29) is 63.0 Å². The Labute approximate surface area is 164 Å². The van der Waals surface area contributed by atoms with Gasteiger partial charge in [0.25, 0.3) is 0 Å². The molecule has 0 saturated carbocycles. The summed E-state index contributed by atoms with van der Waals surface area (Å²) in [6, 6.07) is 0. The van der Waals surface area contributed by atoms with Crippen molar-refractivity contribution in [2.24, 2.45) is 0 Å². The van der Waals surface area contributed by atoms with E-state index in [9.17, 15) is 14.4 Å². The minimum Gasteiger partial charge on any atom is -0.512 e.